The maximum atomic E-state index is 5.73. The summed E-state index contributed by atoms with van der Waals surface area (Å²) in [6.07, 6.45) is 1.12. The van der Waals surface area contributed by atoms with E-state index in [1.807, 2.05) is 24.3 Å². The summed E-state index contributed by atoms with van der Waals surface area (Å²) >= 11 is 0. The van der Waals surface area contributed by atoms with E-state index in [9.17, 15) is 0 Å². The van der Waals surface area contributed by atoms with E-state index in [1.165, 1.54) is 0 Å². The number of nitrogen functional groups attached to an aromatic ring is 1. The van der Waals surface area contributed by atoms with E-state index in [0.29, 0.717) is 12.3 Å². The largest absolute Gasteiger partial charge is 0.486 e. The number of para-hydroxylation sites is 2. The van der Waals surface area contributed by atoms with Crippen LogP contribution in [0.1, 0.15) is 6.42 Å². The summed E-state index contributed by atoms with van der Waals surface area (Å²) in [7, 11) is 0. The quantitative estimate of drug-likeness (QED) is 0.698. The molecule has 1 aromatic rings. The molecular weight excluding hydrogens is 166 g/mol. The first-order chi connectivity index (χ1) is 6.36. The first-order valence-electron chi connectivity index (χ1n) is 4.45. The maximum absolute atomic E-state index is 5.73. The zero-order valence-corrected chi connectivity index (χ0v) is 7.40. The predicted molar refractivity (Wildman–Crippen MR) is 50.7 cm³/mol. The van der Waals surface area contributed by atoms with Crippen LogP contribution in [0.3, 0.4) is 0 Å². The van der Waals surface area contributed by atoms with Crippen molar-refractivity contribution in [1.82, 2.24) is 0 Å². The molecule has 1 fully saturated rings. The minimum atomic E-state index is 0.171. The van der Waals surface area contributed by atoms with Gasteiger partial charge in [-0.25, -0.2) is 0 Å². The molecule has 1 heterocycles. The third-order valence-corrected chi connectivity index (χ3v) is 2.10. The van der Waals surface area contributed by atoms with Crippen LogP contribution in [0.5, 0.6) is 5.75 Å². The maximum Gasteiger partial charge on any atom is 0.142 e. The van der Waals surface area contributed by atoms with Crippen molar-refractivity contribution in [2.75, 3.05) is 18.9 Å². The average molecular weight is 179 g/mol. The Balaban J connectivity index is 2.04. The number of hydrogen-bond acceptors (Lipinski definition) is 3. The number of nitrogens with two attached hydrogens (primary N) is 1. The first-order valence-corrected chi connectivity index (χ1v) is 4.45. The van der Waals surface area contributed by atoms with Crippen LogP contribution < -0.4 is 10.5 Å². The zero-order chi connectivity index (χ0) is 9.10. The Kier molecular flexibility index (Phi) is 2.36. The van der Waals surface area contributed by atoms with Crippen molar-refractivity contribution in [3.63, 3.8) is 0 Å². The standard InChI is InChI=1S/C10H13NO2/c11-9-3-1-2-4-10(9)13-8-5-6-12-7-8/h1-4,8H,5-7,11H2/t8-/m1/s1. The van der Waals surface area contributed by atoms with Crippen molar-refractivity contribution < 1.29 is 9.47 Å². The Hall–Kier alpha value is -1.22. The Labute approximate surface area is 77.5 Å². The third-order valence-electron chi connectivity index (χ3n) is 2.10. The fourth-order valence-electron chi connectivity index (χ4n) is 1.37. The minimum absolute atomic E-state index is 0.171. The van der Waals surface area contributed by atoms with Crippen LogP contribution in [-0.4, -0.2) is 19.3 Å². The van der Waals surface area contributed by atoms with Crippen molar-refractivity contribution in [1.29, 1.82) is 0 Å². The number of hydrogen-bond donors (Lipinski definition) is 1. The Morgan fingerprint density at radius 3 is 2.92 bits per heavy atom. The van der Waals surface area contributed by atoms with Gasteiger partial charge in [-0.15, -0.1) is 0 Å². The molecule has 1 aromatic carbocycles. The van der Waals surface area contributed by atoms with E-state index < -0.39 is 0 Å². The van der Waals surface area contributed by atoms with Crippen molar-refractivity contribution in [2.45, 2.75) is 12.5 Å². The SMILES string of the molecule is Nc1ccccc1O[C@@H]1CCOC1. The van der Waals surface area contributed by atoms with Crippen LogP contribution in [0, 0.1) is 0 Å². The summed E-state index contributed by atoms with van der Waals surface area (Å²) < 4.78 is 10.9. The van der Waals surface area contributed by atoms with Gasteiger partial charge in [0.2, 0.25) is 0 Å². The highest BCUT2D eigenvalue weighted by Crippen LogP contribution is 2.23. The highest BCUT2D eigenvalue weighted by Gasteiger charge is 2.17. The molecule has 1 aliphatic heterocycles. The highest BCUT2D eigenvalue weighted by molar-refractivity contribution is 5.51. The van der Waals surface area contributed by atoms with Crippen LogP contribution in [0.25, 0.3) is 0 Å². The molecule has 70 valence electrons. The Bertz CT molecular complexity index is 282. The molecule has 0 unspecified atom stereocenters. The molecule has 1 saturated heterocycles. The average Bonchev–Trinajstić information content (AvgIpc) is 2.61. The van der Waals surface area contributed by atoms with Crippen LogP contribution in [0.15, 0.2) is 24.3 Å². The Morgan fingerprint density at radius 1 is 1.38 bits per heavy atom. The molecule has 1 atom stereocenters. The second-order valence-electron chi connectivity index (χ2n) is 3.14. The molecule has 3 heteroatoms. The number of rotatable bonds is 2. The van der Waals surface area contributed by atoms with E-state index in [0.717, 1.165) is 18.8 Å². The molecule has 2 N–H and O–H groups in total. The third kappa shape index (κ3) is 1.92. The molecule has 3 nitrogen and oxygen atoms in total. The van der Waals surface area contributed by atoms with Gasteiger partial charge in [-0.1, -0.05) is 12.1 Å². The molecule has 1 aliphatic rings. The van der Waals surface area contributed by atoms with Crippen LogP contribution >= 0.6 is 0 Å². The van der Waals surface area contributed by atoms with Crippen LogP contribution in [0.4, 0.5) is 5.69 Å². The Morgan fingerprint density at radius 2 is 2.23 bits per heavy atom. The predicted octanol–water partition coefficient (Wildman–Crippen LogP) is 1.44. The lowest BCUT2D eigenvalue weighted by molar-refractivity contribution is 0.142. The van der Waals surface area contributed by atoms with E-state index in [2.05, 4.69) is 0 Å². The molecule has 0 bridgehead atoms. The van der Waals surface area contributed by atoms with Crippen molar-refractivity contribution in [3.05, 3.63) is 24.3 Å². The topological polar surface area (TPSA) is 44.5 Å². The minimum Gasteiger partial charge on any atom is -0.486 e. The highest BCUT2D eigenvalue weighted by atomic mass is 16.5. The smallest absolute Gasteiger partial charge is 0.142 e. The molecule has 0 amide bonds. The fourth-order valence-corrected chi connectivity index (χ4v) is 1.37. The summed E-state index contributed by atoms with van der Waals surface area (Å²) in [6, 6.07) is 7.54. The van der Waals surface area contributed by atoms with Crippen LogP contribution in [-0.2, 0) is 4.74 Å². The van der Waals surface area contributed by atoms with Gasteiger partial charge in [0.15, 0.2) is 0 Å². The lowest BCUT2D eigenvalue weighted by atomic mass is 10.3. The van der Waals surface area contributed by atoms with Crippen molar-refractivity contribution in [2.24, 2.45) is 0 Å². The lowest BCUT2D eigenvalue weighted by Gasteiger charge is -2.12. The molecule has 2 rings (SSSR count). The van der Waals surface area contributed by atoms with Gasteiger partial charge in [0, 0.05) is 6.42 Å². The van der Waals surface area contributed by atoms with Crippen molar-refractivity contribution in [3.8, 4) is 5.75 Å². The van der Waals surface area contributed by atoms with Gasteiger partial charge in [-0.05, 0) is 12.1 Å². The molecule has 0 aliphatic carbocycles. The van der Waals surface area contributed by atoms with Crippen molar-refractivity contribution >= 4 is 5.69 Å². The normalized spacial score (nSPS) is 21.7. The molecular formula is C10H13NO2. The first kappa shape index (κ1) is 8.38. The second kappa shape index (κ2) is 3.66. The van der Waals surface area contributed by atoms with Gasteiger partial charge in [-0.3, -0.25) is 0 Å². The summed E-state index contributed by atoms with van der Waals surface area (Å²) in [5.41, 5.74) is 6.42. The van der Waals surface area contributed by atoms with Gasteiger partial charge in [0.25, 0.3) is 0 Å². The van der Waals surface area contributed by atoms with Gasteiger partial charge >= 0.3 is 0 Å². The fraction of sp³-hybridized carbons (Fsp3) is 0.400. The molecule has 0 spiro atoms. The molecule has 0 aromatic heterocycles. The lowest BCUT2D eigenvalue weighted by Crippen LogP contribution is -2.16. The molecule has 0 radical (unpaired) electrons. The summed E-state index contributed by atoms with van der Waals surface area (Å²) in [5, 5.41) is 0. The van der Waals surface area contributed by atoms with Crippen LogP contribution in [0.2, 0.25) is 0 Å². The summed E-state index contributed by atoms with van der Waals surface area (Å²) in [4.78, 5) is 0. The molecule has 0 saturated carbocycles. The number of anilines is 1. The van der Waals surface area contributed by atoms with Gasteiger partial charge in [-0.2, -0.15) is 0 Å². The second-order valence-corrected chi connectivity index (χ2v) is 3.14. The zero-order valence-electron chi connectivity index (χ0n) is 7.40. The molecule has 13 heavy (non-hydrogen) atoms. The van der Waals surface area contributed by atoms with E-state index >= 15 is 0 Å². The number of benzene rings is 1. The van der Waals surface area contributed by atoms with E-state index in [-0.39, 0.29) is 6.10 Å². The monoisotopic (exact) mass is 179 g/mol. The summed E-state index contributed by atoms with van der Waals surface area (Å²) in [5.74, 6) is 0.762. The van der Waals surface area contributed by atoms with Gasteiger partial charge in [0.05, 0.1) is 18.9 Å². The van der Waals surface area contributed by atoms with Gasteiger partial charge < -0.3 is 15.2 Å². The van der Waals surface area contributed by atoms with E-state index in [4.69, 9.17) is 15.2 Å². The van der Waals surface area contributed by atoms with E-state index in [1.54, 1.807) is 0 Å². The summed E-state index contributed by atoms with van der Waals surface area (Å²) in [6.45, 7) is 1.46. The number of ether oxygens (including phenoxy) is 2. The van der Waals surface area contributed by atoms with Gasteiger partial charge in [0.1, 0.15) is 11.9 Å².